The van der Waals surface area contributed by atoms with Gasteiger partial charge >= 0.3 is 0 Å². The molecule has 4 heteroatoms. The lowest BCUT2D eigenvalue weighted by Crippen LogP contribution is -2.25. The average Bonchev–Trinajstić information content (AvgIpc) is 2.59. The number of rotatable bonds is 1. The molecule has 1 heterocycles. The van der Waals surface area contributed by atoms with Gasteiger partial charge in [-0.15, -0.1) is 0 Å². The Hall–Kier alpha value is -1.63. The van der Waals surface area contributed by atoms with Crippen LogP contribution in [0.2, 0.25) is 0 Å². The van der Waals surface area contributed by atoms with Crippen LogP contribution in [0, 0.1) is 11.3 Å². The van der Waals surface area contributed by atoms with Crippen LogP contribution in [0.25, 0.3) is 0 Å². The summed E-state index contributed by atoms with van der Waals surface area (Å²) in [4.78, 5) is 1.57. The molecule has 2 rings (SSSR count). The number of benzene rings is 1. The highest BCUT2D eigenvalue weighted by molar-refractivity contribution is 5.59. The highest BCUT2D eigenvalue weighted by atomic mass is 19.3. The predicted molar refractivity (Wildman–Crippen MR) is 52.9 cm³/mol. The minimum atomic E-state index is -2.62. The third-order valence-corrected chi connectivity index (χ3v) is 2.53. The summed E-state index contributed by atoms with van der Waals surface area (Å²) in [6.07, 6.45) is -0.132. The quantitative estimate of drug-likeness (QED) is 0.708. The van der Waals surface area contributed by atoms with Crippen molar-refractivity contribution in [3.63, 3.8) is 0 Å². The minimum Gasteiger partial charge on any atom is -0.364 e. The van der Waals surface area contributed by atoms with Crippen LogP contribution in [0.4, 0.5) is 14.5 Å². The fraction of sp³-hybridized carbons (Fsp3) is 0.364. The smallest absolute Gasteiger partial charge is 0.266 e. The lowest BCUT2D eigenvalue weighted by molar-refractivity contribution is 0.0257. The van der Waals surface area contributed by atoms with E-state index in [2.05, 4.69) is 0 Å². The Morgan fingerprint density at radius 2 is 2.07 bits per heavy atom. The second kappa shape index (κ2) is 3.50. The molecular formula is C11H10F2N2. The normalized spacial score (nSPS) is 18.9. The summed E-state index contributed by atoms with van der Waals surface area (Å²) in [6, 6.07) is 8.86. The van der Waals surface area contributed by atoms with Gasteiger partial charge in [0.2, 0.25) is 0 Å². The molecule has 0 N–H and O–H groups in total. The molecule has 1 aromatic rings. The molecule has 1 aliphatic rings. The number of halogens is 2. The van der Waals surface area contributed by atoms with E-state index in [1.807, 2.05) is 6.07 Å². The van der Waals surface area contributed by atoms with Crippen molar-refractivity contribution in [2.45, 2.75) is 12.3 Å². The summed E-state index contributed by atoms with van der Waals surface area (Å²) in [5, 5.41) is 8.84. The fourth-order valence-electron chi connectivity index (χ4n) is 1.79. The summed E-state index contributed by atoms with van der Waals surface area (Å²) in [5.74, 6) is -2.62. The van der Waals surface area contributed by atoms with Gasteiger partial charge in [-0.25, -0.2) is 8.78 Å². The van der Waals surface area contributed by atoms with E-state index in [-0.39, 0.29) is 13.0 Å². The van der Waals surface area contributed by atoms with Crippen molar-refractivity contribution in [1.82, 2.24) is 0 Å². The summed E-state index contributed by atoms with van der Waals surface area (Å²) in [5.41, 5.74) is 1.06. The third kappa shape index (κ3) is 1.91. The van der Waals surface area contributed by atoms with Crippen molar-refractivity contribution in [3.05, 3.63) is 29.8 Å². The van der Waals surface area contributed by atoms with Crippen molar-refractivity contribution < 1.29 is 8.78 Å². The first kappa shape index (κ1) is 9.91. The first-order valence-corrected chi connectivity index (χ1v) is 4.74. The third-order valence-electron chi connectivity index (χ3n) is 2.53. The highest BCUT2D eigenvalue weighted by Gasteiger charge is 2.38. The number of para-hydroxylation sites is 1. The summed E-state index contributed by atoms with van der Waals surface area (Å²) >= 11 is 0. The maximum Gasteiger partial charge on any atom is 0.266 e. The molecule has 78 valence electrons. The molecule has 0 saturated carbocycles. The Bertz CT molecular complexity index is 409. The molecule has 0 spiro atoms. The molecule has 1 aliphatic heterocycles. The lowest BCUT2D eigenvalue weighted by Gasteiger charge is -2.19. The van der Waals surface area contributed by atoms with Gasteiger partial charge in [0.1, 0.15) is 6.07 Å². The van der Waals surface area contributed by atoms with Crippen LogP contribution in [-0.4, -0.2) is 19.0 Å². The van der Waals surface area contributed by atoms with Gasteiger partial charge in [-0.3, -0.25) is 0 Å². The molecule has 1 saturated heterocycles. The predicted octanol–water partition coefficient (Wildman–Crippen LogP) is 2.40. The number of nitrogens with zero attached hydrogens (tertiary/aromatic N) is 2. The van der Waals surface area contributed by atoms with Gasteiger partial charge in [-0.2, -0.15) is 5.26 Å². The standard InChI is InChI=1S/C11H10F2N2/c12-11(13)5-6-15(8-11)10-4-2-1-3-9(10)7-14/h1-4H,5-6,8H2. The van der Waals surface area contributed by atoms with Crippen molar-refractivity contribution >= 4 is 5.69 Å². The molecule has 0 radical (unpaired) electrons. The molecular weight excluding hydrogens is 198 g/mol. The lowest BCUT2D eigenvalue weighted by atomic mass is 10.2. The molecule has 0 atom stereocenters. The first-order valence-electron chi connectivity index (χ1n) is 4.74. The van der Waals surface area contributed by atoms with E-state index in [0.717, 1.165) is 0 Å². The van der Waals surface area contributed by atoms with Gasteiger partial charge in [0.25, 0.3) is 5.92 Å². The average molecular weight is 208 g/mol. The molecule has 0 aromatic heterocycles. The molecule has 1 fully saturated rings. The maximum atomic E-state index is 13.0. The second-order valence-corrected chi connectivity index (χ2v) is 3.66. The van der Waals surface area contributed by atoms with E-state index in [4.69, 9.17) is 5.26 Å². The van der Waals surface area contributed by atoms with Gasteiger partial charge in [0.15, 0.2) is 0 Å². The first-order chi connectivity index (χ1) is 7.12. The van der Waals surface area contributed by atoms with Gasteiger partial charge in [0, 0.05) is 13.0 Å². The minimum absolute atomic E-state index is 0.132. The Morgan fingerprint density at radius 3 is 2.67 bits per heavy atom. The molecule has 0 bridgehead atoms. The van der Waals surface area contributed by atoms with Crippen molar-refractivity contribution in [1.29, 1.82) is 5.26 Å². The van der Waals surface area contributed by atoms with Crippen LogP contribution in [-0.2, 0) is 0 Å². The van der Waals surface area contributed by atoms with Crippen molar-refractivity contribution in [2.75, 3.05) is 18.0 Å². The van der Waals surface area contributed by atoms with E-state index >= 15 is 0 Å². The molecule has 0 aliphatic carbocycles. The van der Waals surface area contributed by atoms with Crippen LogP contribution >= 0.6 is 0 Å². The van der Waals surface area contributed by atoms with Crippen LogP contribution in [0.3, 0.4) is 0 Å². The van der Waals surface area contributed by atoms with Gasteiger partial charge in [0.05, 0.1) is 17.8 Å². The number of anilines is 1. The Balaban J connectivity index is 2.28. The molecule has 15 heavy (non-hydrogen) atoms. The van der Waals surface area contributed by atoms with Crippen molar-refractivity contribution in [3.8, 4) is 6.07 Å². The Labute approximate surface area is 86.7 Å². The zero-order chi connectivity index (χ0) is 10.9. The van der Waals surface area contributed by atoms with E-state index < -0.39 is 5.92 Å². The van der Waals surface area contributed by atoms with Crippen LogP contribution in [0.1, 0.15) is 12.0 Å². The molecule has 0 amide bonds. The fourth-order valence-corrected chi connectivity index (χ4v) is 1.79. The number of nitriles is 1. The van der Waals surface area contributed by atoms with Crippen LogP contribution in [0.15, 0.2) is 24.3 Å². The molecule has 2 nitrogen and oxygen atoms in total. The van der Waals surface area contributed by atoms with E-state index in [1.165, 1.54) is 0 Å². The number of alkyl halides is 2. The van der Waals surface area contributed by atoms with E-state index in [1.54, 1.807) is 29.2 Å². The number of hydrogen-bond donors (Lipinski definition) is 0. The molecule has 1 aromatic carbocycles. The Morgan fingerprint density at radius 1 is 1.33 bits per heavy atom. The van der Waals surface area contributed by atoms with E-state index in [0.29, 0.717) is 17.8 Å². The summed E-state index contributed by atoms with van der Waals surface area (Å²) < 4.78 is 26.0. The highest BCUT2D eigenvalue weighted by Crippen LogP contribution is 2.32. The zero-order valence-corrected chi connectivity index (χ0v) is 8.08. The number of hydrogen-bond acceptors (Lipinski definition) is 2. The zero-order valence-electron chi connectivity index (χ0n) is 8.08. The SMILES string of the molecule is N#Cc1ccccc1N1CCC(F)(F)C1. The maximum absolute atomic E-state index is 13.0. The monoisotopic (exact) mass is 208 g/mol. The van der Waals surface area contributed by atoms with Gasteiger partial charge in [-0.05, 0) is 12.1 Å². The van der Waals surface area contributed by atoms with Crippen LogP contribution in [0.5, 0.6) is 0 Å². The molecule has 0 unspecified atom stereocenters. The van der Waals surface area contributed by atoms with Gasteiger partial charge in [-0.1, -0.05) is 12.1 Å². The topological polar surface area (TPSA) is 27.0 Å². The van der Waals surface area contributed by atoms with Crippen molar-refractivity contribution in [2.24, 2.45) is 0 Å². The Kier molecular flexibility index (Phi) is 2.31. The van der Waals surface area contributed by atoms with Gasteiger partial charge < -0.3 is 4.90 Å². The summed E-state index contributed by atoms with van der Waals surface area (Å²) in [7, 11) is 0. The largest absolute Gasteiger partial charge is 0.364 e. The summed E-state index contributed by atoms with van der Waals surface area (Å²) in [6.45, 7) is 0.0252. The van der Waals surface area contributed by atoms with Crippen LogP contribution < -0.4 is 4.90 Å². The van der Waals surface area contributed by atoms with E-state index in [9.17, 15) is 8.78 Å². The second-order valence-electron chi connectivity index (χ2n) is 3.66.